The van der Waals surface area contributed by atoms with Gasteiger partial charge in [0.2, 0.25) is 0 Å². The molecule has 23 heavy (non-hydrogen) atoms. The van der Waals surface area contributed by atoms with Crippen molar-refractivity contribution in [3.8, 4) is 5.75 Å². The van der Waals surface area contributed by atoms with Crippen molar-refractivity contribution in [2.24, 2.45) is 0 Å². The topological polar surface area (TPSA) is 51.7 Å². The lowest BCUT2D eigenvalue weighted by Crippen LogP contribution is -2.28. The maximum atomic E-state index is 12.7. The molecule has 1 unspecified atom stereocenters. The first-order chi connectivity index (χ1) is 11.3. The van der Waals surface area contributed by atoms with E-state index in [0.29, 0.717) is 18.7 Å². The maximum absolute atomic E-state index is 12.7. The third kappa shape index (κ3) is 2.80. The molecule has 1 fully saturated rings. The molecule has 2 aliphatic heterocycles. The van der Waals surface area contributed by atoms with Crippen molar-refractivity contribution in [1.82, 2.24) is 4.98 Å². The monoisotopic (exact) mass is 310 g/mol. The minimum atomic E-state index is 0.00694. The molecule has 1 saturated heterocycles. The molecule has 0 N–H and O–H groups in total. The van der Waals surface area contributed by atoms with Gasteiger partial charge in [-0.05, 0) is 42.3 Å². The van der Waals surface area contributed by atoms with Crippen molar-refractivity contribution < 1.29 is 14.3 Å². The Balaban J connectivity index is 1.49. The average Bonchev–Trinajstić information content (AvgIpc) is 3.24. The summed E-state index contributed by atoms with van der Waals surface area (Å²) in [5.41, 5.74) is 2.76. The van der Waals surface area contributed by atoms with E-state index in [1.807, 2.05) is 30.3 Å². The van der Waals surface area contributed by atoms with E-state index >= 15 is 0 Å². The molecule has 0 saturated carbocycles. The summed E-state index contributed by atoms with van der Waals surface area (Å²) in [7, 11) is 0. The standard InChI is InChI=1S/C18H18N2O3/c21-18(20-9-6-13-5-8-19-11-17(13)20)14-1-3-15(4-2-14)23-16-7-10-22-12-16/h1-5,8,11,16H,6-7,9-10,12H2. The first-order valence-corrected chi connectivity index (χ1v) is 7.90. The Hall–Kier alpha value is -2.40. The van der Waals surface area contributed by atoms with Crippen molar-refractivity contribution in [3.05, 3.63) is 53.9 Å². The lowest BCUT2D eigenvalue weighted by Gasteiger charge is -2.17. The fourth-order valence-electron chi connectivity index (χ4n) is 3.06. The molecule has 0 radical (unpaired) electrons. The number of anilines is 1. The van der Waals surface area contributed by atoms with Gasteiger partial charge in [0.1, 0.15) is 11.9 Å². The van der Waals surface area contributed by atoms with Crippen LogP contribution in [-0.4, -0.2) is 36.8 Å². The molecule has 1 amide bonds. The third-order valence-electron chi connectivity index (χ3n) is 4.32. The molecule has 1 aromatic heterocycles. The van der Waals surface area contributed by atoms with Gasteiger partial charge in [-0.1, -0.05) is 0 Å². The number of amides is 1. The SMILES string of the molecule is O=C(c1ccc(OC2CCOC2)cc1)N1CCc2ccncc21. The number of carbonyl (C=O) groups excluding carboxylic acids is 1. The second kappa shape index (κ2) is 6.01. The Bertz CT molecular complexity index is 708. The number of pyridine rings is 1. The van der Waals surface area contributed by atoms with Crippen molar-refractivity contribution in [1.29, 1.82) is 0 Å². The summed E-state index contributed by atoms with van der Waals surface area (Å²) in [5.74, 6) is 0.785. The summed E-state index contributed by atoms with van der Waals surface area (Å²) < 4.78 is 11.1. The second-order valence-electron chi connectivity index (χ2n) is 5.84. The fraction of sp³-hybridized carbons (Fsp3) is 0.333. The number of rotatable bonds is 3. The molecule has 5 nitrogen and oxygen atoms in total. The summed E-state index contributed by atoms with van der Waals surface area (Å²) >= 11 is 0. The van der Waals surface area contributed by atoms with Gasteiger partial charge in [0.05, 0.1) is 25.1 Å². The number of fused-ring (bicyclic) bond motifs is 1. The Morgan fingerprint density at radius 1 is 1.26 bits per heavy atom. The minimum Gasteiger partial charge on any atom is -0.488 e. The van der Waals surface area contributed by atoms with Crippen LogP contribution in [0.1, 0.15) is 22.3 Å². The van der Waals surface area contributed by atoms with E-state index in [1.54, 1.807) is 17.3 Å². The summed E-state index contributed by atoms with van der Waals surface area (Å²) in [6.07, 6.45) is 5.45. The van der Waals surface area contributed by atoms with Gasteiger partial charge in [-0.15, -0.1) is 0 Å². The summed E-state index contributed by atoms with van der Waals surface area (Å²) in [4.78, 5) is 18.6. The van der Waals surface area contributed by atoms with E-state index < -0.39 is 0 Å². The van der Waals surface area contributed by atoms with Gasteiger partial charge in [-0.2, -0.15) is 0 Å². The molecular weight excluding hydrogens is 292 g/mol. The Labute approximate surface area is 134 Å². The highest BCUT2D eigenvalue weighted by molar-refractivity contribution is 6.07. The van der Waals surface area contributed by atoms with E-state index in [0.717, 1.165) is 30.9 Å². The van der Waals surface area contributed by atoms with Crippen LogP contribution in [0.2, 0.25) is 0 Å². The van der Waals surface area contributed by atoms with Gasteiger partial charge in [0.15, 0.2) is 0 Å². The highest BCUT2D eigenvalue weighted by Crippen LogP contribution is 2.28. The van der Waals surface area contributed by atoms with Crippen molar-refractivity contribution in [3.63, 3.8) is 0 Å². The summed E-state index contributed by atoms with van der Waals surface area (Å²) in [5, 5.41) is 0. The summed E-state index contributed by atoms with van der Waals surface area (Å²) in [6, 6.07) is 9.32. The van der Waals surface area contributed by atoms with Crippen molar-refractivity contribution in [2.75, 3.05) is 24.7 Å². The molecule has 0 aliphatic carbocycles. The van der Waals surface area contributed by atoms with Crippen LogP contribution in [0.4, 0.5) is 5.69 Å². The third-order valence-corrected chi connectivity index (χ3v) is 4.32. The zero-order valence-electron chi connectivity index (χ0n) is 12.8. The number of hydrogen-bond acceptors (Lipinski definition) is 4. The van der Waals surface area contributed by atoms with Crippen LogP contribution in [-0.2, 0) is 11.2 Å². The number of aromatic nitrogens is 1. The van der Waals surface area contributed by atoms with Crippen LogP contribution in [0.15, 0.2) is 42.7 Å². The first kappa shape index (κ1) is 14.2. The Morgan fingerprint density at radius 2 is 2.13 bits per heavy atom. The van der Waals surface area contributed by atoms with E-state index in [4.69, 9.17) is 9.47 Å². The van der Waals surface area contributed by atoms with Crippen LogP contribution in [0.3, 0.4) is 0 Å². The van der Waals surface area contributed by atoms with Crippen LogP contribution >= 0.6 is 0 Å². The van der Waals surface area contributed by atoms with Gasteiger partial charge < -0.3 is 14.4 Å². The van der Waals surface area contributed by atoms with Crippen molar-refractivity contribution >= 4 is 11.6 Å². The zero-order chi connectivity index (χ0) is 15.6. The number of benzene rings is 1. The first-order valence-electron chi connectivity index (χ1n) is 7.90. The Morgan fingerprint density at radius 3 is 2.91 bits per heavy atom. The number of hydrogen-bond donors (Lipinski definition) is 0. The molecule has 0 spiro atoms. The minimum absolute atomic E-state index is 0.00694. The maximum Gasteiger partial charge on any atom is 0.258 e. The number of carbonyl (C=O) groups is 1. The van der Waals surface area contributed by atoms with Gasteiger partial charge >= 0.3 is 0 Å². The predicted molar refractivity (Wildman–Crippen MR) is 85.9 cm³/mol. The molecule has 4 rings (SSSR count). The van der Waals surface area contributed by atoms with E-state index in [9.17, 15) is 4.79 Å². The quantitative estimate of drug-likeness (QED) is 0.874. The molecule has 5 heteroatoms. The molecule has 0 bridgehead atoms. The van der Waals surface area contributed by atoms with Crippen LogP contribution in [0.5, 0.6) is 5.75 Å². The Kier molecular flexibility index (Phi) is 3.71. The lowest BCUT2D eigenvalue weighted by molar-refractivity contribution is 0.0989. The van der Waals surface area contributed by atoms with Crippen LogP contribution in [0.25, 0.3) is 0 Å². The smallest absolute Gasteiger partial charge is 0.258 e. The molecule has 2 aromatic rings. The highest BCUT2D eigenvalue weighted by atomic mass is 16.5. The molecular formula is C18H18N2O3. The second-order valence-corrected chi connectivity index (χ2v) is 5.84. The lowest BCUT2D eigenvalue weighted by atomic mass is 10.2. The van der Waals surface area contributed by atoms with Crippen LogP contribution in [0, 0.1) is 0 Å². The number of nitrogens with zero attached hydrogens (tertiary/aromatic N) is 2. The fourth-order valence-corrected chi connectivity index (χ4v) is 3.06. The normalized spacial score (nSPS) is 19.7. The predicted octanol–water partition coefficient (Wildman–Crippen LogP) is 2.45. The average molecular weight is 310 g/mol. The molecule has 1 aromatic carbocycles. The molecule has 118 valence electrons. The largest absolute Gasteiger partial charge is 0.488 e. The van der Waals surface area contributed by atoms with Gasteiger partial charge in [0, 0.05) is 24.7 Å². The molecule has 3 heterocycles. The zero-order valence-corrected chi connectivity index (χ0v) is 12.8. The van der Waals surface area contributed by atoms with E-state index in [-0.39, 0.29) is 12.0 Å². The van der Waals surface area contributed by atoms with Gasteiger partial charge in [-0.25, -0.2) is 0 Å². The van der Waals surface area contributed by atoms with Crippen molar-refractivity contribution in [2.45, 2.75) is 18.9 Å². The number of ether oxygens (including phenoxy) is 2. The molecule has 2 aliphatic rings. The van der Waals surface area contributed by atoms with E-state index in [1.165, 1.54) is 5.56 Å². The van der Waals surface area contributed by atoms with Gasteiger partial charge in [0.25, 0.3) is 5.91 Å². The van der Waals surface area contributed by atoms with E-state index in [2.05, 4.69) is 4.98 Å². The highest BCUT2D eigenvalue weighted by Gasteiger charge is 2.25. The summed E-state index contributed by atoms with van der Waals surface area (Å²) in [6.45, 7) is 2.10. The van der Waals surface area contributed by atoms with Crippen LogP contribution < -0.4 is 9.64 Å². The van der Waals surface area contributed by atoms with Gasteiger partial charge in [-0.3, -0.25) is 9.78 Å². The molecule has 1 atom stereocenters.